The lowest BCUT2D eigenvalue weighted by molar-refractivity contribution is -0.103. The Hall–Kier alpha value is -4.50. The van der Waals surface area contributed by atoms with Gasteiger partial charge in [-0.05, 0) is 59.7 Å². The smallest absolute Gasteiger partial charge is 0.335 e. The SMILES string of the molecule is COc1ccc(/N=C2/C(c3ccc(C(=O)O)cc3)=C(C=O)c3cc(C#N)ccc32)cc1. The molecule has 3 aromatic rings. The van der Waals surface area contributed by atoms with Crippen LogP contribution in [0.1, 0.15) is 32.6 Å². The number of hydrogen-bond donors (Lipinski definition) is 1. The van der Waals surface area contributed by atoms with Gasteiger partial charge < -0.3 is 9.84 Å². The molecule has 31 heavy (non-hydrogen) atoms. The second-order valence-electron chi connectivity index (χ2n) is 6.82. The Morgan fingerprint density at radius 1 is 1.03 bits per heavy atom. The van der Waals surface area contributed by atoms with E-state index in [0.29, 0.717) is 45.0 Å². The van der Waals surface area contributed by atoms with Crippen molar-refractivity contribution in [2.45, 2.75) is 0 Å². The van der Waals surface area contributed by atoms with E-state index >= 15 is 0 Å². The fourth-order valence-corrected chi connectivity index (χ4v) is 3.54. The fraction of sp³-hybridized carbons (Fsp3) is 0.0400. The number of carbonyl (C=O) groups is 2. The molecule has 0 saturated carbocycles. The van der Waals surface area contributed by atoms with E-state index in [-0.39, 0.29) is 5.56 Å². The van der Waals surface area contributed by atoms with Gasteiger partial charge in [0.25, 0.3) is 0 Å². The first kappa shape index (κ1) is 19.8. The minimum absolute atomic E-state index is 0.146. The average molecular weight is 408 g/mol. The van der Waals surface area contributed by atoms with Crippen LogP contribution in [-0.4, -0.2) is 30.2 Å². The highest BCUT2D eigenvalue weighted by Crippen LogP contribution is 2.39. The minimum Gasteiger partial charge on any atom is -0.497 e. The highest BCUT2D eigenvalue weighted by molar-refractivity contribution is 6.48. The van der Waals surface area contributed by atoms with E-state index in [1.54, 1.807) is 61.7 Å². The van der Waals surface area contributed by atoms with Gasteiger partial charge in [-0.2, -0.15) is 5.26 Å². The number of carboxylic acids is 1. The zero-order valence-corrected chi connectivity index (χ0v) is 16.5. The number of aldehydes is 1. The number of hydrogen-bond acceptors (Lipinski definition) is 5. The maximum absolute atomic E-state index is 12.1. The lowest BCUT2D eigenvalue weighted by Gasteiger charge is -2.09. The van der Waals surface area contributed by atoms with Gasteiger partial charge in [-0.3, -0.25) is 4.79 Å². The van der Waals surface area contributed by atoms with Crippen LogP contribution in [-0.2, 0) is 4.79 Å². The zero-order chi connectivity index (χ0) is 22.0. The number of ether oxygens (including phenoxy) is 1. The van der Waals surface area contributed by atoms with Crippen LogP contribution in [0.4, 0.5) is 5.69 Å². The average Bonchev–Trinajstić information content (AvgIpc) is 3.11. The molecule has 150 valence electrons. The molecular formula is C25H16N2O4. The zero-order valence-electron chi connectivity index (χ0n) is 16.5. The molecule has 6 nitrogen and oxygen atoms in total. The number of carboxylic acid groups (broad SMARTS) is 1. The van der Waals surface area contributed by atoms with Gasteiger partial charge in [0.1, 0.15) is 5.75 Å². The van der Waals surface area contributed by atoms with Crippen molar-refractivity contribution in [1.29, 1.82) is 5.26 Å². The molecular weight excluding hydrogens is 392 g/mol. The van der Waals surface area contributed by atoms with Gasteiger partial charge in [-0.15, -0.1) is 0 Å². The summed E-state index contributed by atoms with van der Waals surface area (Å²) in [6.45, 7) is 0. The van der Waals surface area contributed by atoms with Crippen molar-refractivity contribution in [3.05, 3.63) is 94.5 Å². The number of benzene rings is 3. The summed E-state index contributed by atoms with van der Waals surface area (Å²) in [5, 5.41) is 18.5. The van der Waals surface area contributed by atoms with Crippen molar-refractivity contribution in [2.75, 3.05) is 7.11 Å². The molecule has 0 aliphatic heterocycles. The lowest BCUT2D eigenvalue weighted by Crippen LogP contribution is -2.02. The Bertz CT molecular complexity index is 1290. The van der Waals surface area contributed by atoms with Crippen molar-refractivity contribution in [2.24, 2.45) is 4.99 Å². The van der Waals surface area contributed by atoms with Gasteiger partial charge in [0.2, 0.25) is 0 Å². The van der Waals surface area contributed by atoms with Gasteiger partial charge in [0.05, 0.1) is 35.7 Å². The van der Waals surface area contributed by atoms with E-state index in [4.69, 9.17) is 9.73 Å². The molecule has 1 N–H and O–H groups in total. The van der Waals surface area contributed by atoms with Gasteiger partial charge in [0, 0.05) is 16.7 Å². The Balaban J connectivity index is 1.94. The number of aliphatic imine (C=N–C) groups is 1. The number of carbonyl (C=O) groups excluding carboxylic acids is 1. The first-order valence-corrected chi connectivity index (χ1v) is 9.37. The van der Waals surface area contributed by atoms with E-state index in [0.717, 1.165) is 11.8 Å². The van der Waals surface area contributed by atoms with Crippen molar-refractivity contribution in [3.63, 3.8) is 0 Å². The van der Waals surface area contributed by atoms with E-state index in [1.165, 1.54) is 12.1 Å². The monoisotopic (exact) mass is 408 g/mol. The number of nitrogens with zero attached hydrogens (tertiary/aromatic N) is 2. The highest BCUT2D eigenvalue weighted by atomic mass is 16.5. The van der Waals surface area contributed by atoms with Gasteiger partial charge >= 0.3 is 5.97 Å². The fourth-order valence-electron chi connectivity index (χ4n) is 3.54. The number of allylic oxidation sites excluding steroid dienone is 2. The Labute approximate surface area is 178 Å². The molecule has 6 heteroatoms. The predicted octanol–water partition coefficient (Wildman–Crippen LogP) is 4.51. The van der Waals surface area contributed by atoms with Crippen LogP contribution in [0.3, 0.4) is 0 Å². The van der Waals surface area contributed by atoms with E-state index in [2.05, 4.69) is 6.07 Å². The number of methoxy groups -OCH3 is 1. The maximum Gasteiger partial charge on any atom is 0.335 e. The van der Waals surface area contributed by atoms with Crippen LogP contribution >= 0.6 is 0 Å². The van der Waals surface area contributed by atoms with Crippen molar-refractivity contribution in [3.8, 4) is 11.8 Å². The first-order valence-electron chi connectivity index (χ1n) is 9.37. The number of nitriles is 1. The largest absolute Gasteiger partial charge is 0.497 e. The summed E-state index contributed by atoms with van der Waals surface area (Å²) < 4.78 is 5.19. The molecule has 0 radical (unpaired) electrons. The maximum atomic E-state index is 12.1. The van der Waals surface area contributed by atoms with E-state index in [1.807, 2.05) is 0 Å². The second kappa shape index (κ2) is 8.09. The molecule has 0 unspecified atom stereocenters. The third-order valence-corrected chi connectivity index (χ3v) is 5.05. The summed E-state index contributed by atoms with van der Waals surface area (Å²) in [6, 6.07) is 20.7. The van der Waals surface area contributed by atoms with Gasteiger partial charge in [-0.25, -0.2) is 9.79 Å². The molecule has 1 aliphatic carbocycles. The topological polar surface area (TPSA) is 99.8 Å². The predicted molar refractivity (Wildman–Crippen MR) is 117 cm³/mol. The minimum atomic E-state index is -1.03. The third-order valence-electron chi connectivity index (χ3n) is 5.05. The van der Waals surface area contributed by atoms with E-state index in [9.17, 15) is 20.0 Å². The Morgan fingerprint density at radius 2 is 1.74 bits per heavy atom. The third kappa shape index (κ3) is 3.61. The highest BCUT2D eigenvalue weighted by Gasteiger charge is 2.29. The quantitative estimate of drug-likeness (QED) is 0.626. The molecule has 1 aliphatic rings. The van der Waals surface area contributed by atoms with Crippen molar-refractivity contribution in [1.82, 2.24) is 0 Å². The Kier molecular flexibility index (Phi) is 5.17. The molecule has 0 amide bonds. The number of rotatable bonds is 5. The second-order valence-corrected chi connectivity index (χ2v) is 6.82. The molecule has 0 saturated heterocycles. The number of fused-ring (bicyclic) bond motifs is 1. The van der Waals surface area contributed by atoms with Crippen LogP contribution in [0.25, 0.3) is 11.1 Å². The summed E-state index contributed by atoms with van der Waals surface area (Å²) in [7, 11) is 1.58. The summed E-state index contributed by atoms with van der Waals surface area (Å²) in [4.78, 5) is 28.1. The molecule has 0 bridgehead atoms. The summed E-state index contributed by atoms with van der Waals surface area (Å²) in [6.07, 6.45) is 0.747. The van der Waals surface area contributed by atoms with Gasteiger partial charge in [-0.1, -0.05) is 18.2 Å². The van der Waals surface area contributed by atoms with Crippen LogP contribution in [0.15, 0.2) is 71.7 Å². The first-order chi connectivity index (χ1) is 15.0. The molecule has 0 fully saturated rings. The number of aromatic carboxylic acids is 1. The molecule has 0 heterocycles. The molecule has 0 atom stereocenters. The van der Waals surface area contributed by atoms with Crippen LogP contribution in [0, 0.1) is 11.3 Å². The Morgan fingerprint density at radius 3 is 2.32 bits per heavy atom. The molecule has 4 rings (SSSR count). The van der Waals surface area contributed by atoms with Crippen LogP contribution < -0.4 is 4.74 Å². The molecule has 0 spiro atoms. The van der Waals surface area contributed by atoms with Gasteiger partial charge in [0.15, 0.2) is 6.29 Å². The van der Waals surface area contributed by atoms with Crippen molar-refractivity contribution >= 4 is 34.8 Å². The summed E-state index contributed by atoms with van der Waals surface area (Å²) >= 11 is 0. The standard InChI is InChI=1S/C25H16N2O4/c1-31-19-9-7-18(8-10-19)27-24-20-11-2-15(13-26)12-21(20)22(14-28)23(24)16-3-5-17(6-4-16)25(29)30/h2-12,14H,1H3,(H,29,30)/b27-24+. The summed E-state index contributed by atoms with van der Waals surface area (Å²) in [5.74, 6) is -0.334. The van der Waals surface area contributed by atoms with E-state index < -0.39 is 5.97 Å². The summed E-state index contributed by atoms with van der Waals surface area (Å²) in [5.41, 5.74) is 4.84. The molecule has 0 aromatic heterocycles. The normalized spacial score (nSPS) is 13.6. The lowest BCUT2D eigenvalue weighted by atomic mass is 9.98. The van der Waals surface area contributed by atoms with Crippen LogP contribution in [0.2, 0.25) is 0 Å². The van der Waals surface area contributed by atoms with Crippen molar-refractivity contribution < 1.29 is 19.4 Å². The molecule has 3 aromatic carbocycles. The van der Waals surface area contributed by atoms with Crippen LogP contribution in [0.5, 0.6) is 5.75 Å².